The summed E-state index contributed by atoms with van der Waals surface area (Å²) in [6, 6.07) is 3.53. The molecule has 0 bridgehead atoms. The topological polar surface area (TPSA) is 102 Å². The highest BCUT2D eigenvalue weighted by atomic mass is 32.1. The molecule has 0 aliphatic carbocycles. The summed E-state index contributed by atoms with van der Waals surface area (Å²) in [5.74, 6) is 1.50. The molecule has 1 aliphatic heterocycles. The molecule has 3 rings (SSSR count). The molecule has 2 N–H and O–H groups in total. The molecule has 2 amide bonds. The fraction of sp³-hybridized carbons (Fsp3) is 0.450. The van der Waals surface area contributed by atoms with Gasteiger partial charge in [0, 0.05) is 49.3 Å². The van der Waals surface area contributed by atoms with Crippen LogP contribution in [0.1, 0.15) is 29.8 Å². The van der Waals surface area contributed by atoms with Crippen molar-refractivity contribution >= 4 is 34.0 Å². The number of aromatic nitrogens is 1. The van der Waals surface area contributed by atoms with Crippen molar-refractivity contribution in [2.45, 2.75) is 19.3 Å². The van der Waals surface area contributed by atoms with Gasteiger partial charge in [0.2, 0.25) is 11.7 Å². The van der Waals surface area contributed by atoms with Gasteiger partial charge >= 0.3 is 0 Å². The quantitative estimate of drug-likeness (QED) is 0.554. The average Bonchev–Trinajstić information content (AvgIpc) is 3.39. The molecular formula is C20H26N4O5S. The van der Waals surface area contributed by atoms with Gasteiger partial charge in [-0.3, -0.25) is 9.59 Å². The van der Waals surface area contributed by atoms with Gasteiger partial charge in [0.25, 0.3) is 5.91 Å². The third kappa shape index (κ3) is 5.12. The van der Waals surface area contributed by atoms with E-state index in [4.69, 9.17) is 14.2 Å². The van der Waals surface area contributed by atoms with E-state index in [1.54, 1.807) is 38.8 Å². The number of carbonyl (C=O) groups excluding carboxylic acids is 2. The standard InChI is InChI=1S/C20H26N4O5S/c1-27-15-10-13(11-16(28-2)18(15)29-3)22-20-23-14(12-30-20)19(26)21-7-5-9-24-8-4-6-17(24)25/h10-12H,4-9H2,1-3H3,(H,21,26)(H,22,23). The minimum absolute atomic E-state index is 0.198. The van der Waals surface area contributed by atoms with Crippen molar-refractivity contribution in [3.05, 3.63) is 23.2 Å². The zero-order chi connectivity index (χ0) is 21.5. The molecule has 30 heavy (non-hydrogen) atoms. The number of likely N-dealkylation sites (tertiary alicyclic amines) is 1. The number of anilines is 2. The third-order valence-electron chi connectivity index (χ3n) is 4.71. The Morgan fingerprint density at radius 1 is 1.20 bits per heavy atom. The van der Waals surface area contributed by atoms with Gasteiger partial charge in [0.15, 0.2) is 16.6 Å². The normalized spacial score (nSPS) is 13.3. The first-order valence-electron chi connectivity index (χ1n) is 9.64. The predicted molar refractivity (Wildman–Crippen MR) is 114 cm³/mol. The number of nitrogens with one attached hydrogen (secondary N) is 2. The van der Waals surface area contributed by atoms with Crippen LogP contribution in [0.2, 0.25) is 0 Å². The van der Waals surface area contributed by atoms with Crippen molar-refractivity contribution < 1.29 is 23.8 Å². The molecule has 1 aromatic heterocycles. The lowest BCUT2D eigenvalue weighted by atomic mass is 10.2. The highest BCUT2D eigenvalue weighted by Gasteiger charge is 2.19. The van der Waals surface area contributed by atoms with Crippen LogP contribution in [0.3, 0.4) is 0 Å². The third-order valence-corrected chi connectivity index (χ3v) is 5.47. The molecule has 162 valence electrons. The molecule has 1 fully saturated rings. The smallest absolute Gasteiger partial charge is 0.270 e. The van der Waals surface area contributed by atoms with Crippen molar-refractivity contribution in [3.63, 3.8) is 0 Å². The number of hydrogen-bond acceptors (Lipinski definition) is 8. The lowest BCUT2D eigenvalue weighted by Crippen LogP contribution is -2.30. The first-order valence-corrected chi connectivity index (χ1v) is 10.5. The maximum absolute atomic E-state index is 12.3. The van der Waals surface area contributed by atoms with Crippen LogP contribution in [-0.2, 0) is 4.79 Å². The summed E-state index contributed by atoms with van der Waals surface area (Å²) in [4.78, 5) is 30.1. The summed E-state index contributed by atoms with van der Waals surface area (Å²) in [5, 5.41) is 8.27. The largest absolute Gasteiger partial charge is 0.493 e. The summed E-state index contributed by atoms with van der Waals surface area (Å²) in [7, 11) is 4.64. The average molecular weight is 435 g/mol. The zero-order valence-corrected chi connectivity index (χ0v) is 18.1. The van der Waals surface area contributed by atoms with E-state index in [-0.39, 0.29) is 11.8 Å². The molecule has 9 nitrogen and oxygen atoms in total. The van der Waals surface area contributed by atoms with E-state index in [0.29, 0.717) is 53.3 Å². The van der Waals surface area contributed by atoms with Gasteiger partial charge in [-0.1, -0.05) is 0 Å². The second-order valence-electron chi connectivity index (χ2n) is 6.67. The van der Waals surface area contributed by atoms with Gasteiger partial charge in [-0.15, -0.1) is 11.3 Å². The molecule has 0 atom stereocenters. The molecule has 10 heteroatoms. The van der Waals surface area contributed by atoms with Gasteiger partial charge in [-0.25, -0.2) is 4.98 Å². The number of amides is 2. The van der Waals surface area contributed by atoms with Crippen LogP contribution in [0.25, 0.3) is 0 Å². The summed E-state index contributed by atoms with van der Waals surface area (Å²) >= 11 is 1.32. The number of nitrogens with zero attached hydrogens (tertiary/aromatic N) is 2. The fourth-order valence-corrected chi connectivity index (χ4v) is 3.93. The maximum Gasteiger partial charge on any atom is 0.270 e. The summed E-state index contributed by atoms with van der Waals surface area (Å²) in [6.45, 7) is 1.98. The Kier molecular flexibility index (Phi) is 7.34. The predicted octanol–water partition coefficient (Wildman–Crippen LogP) is 2.65. The van der Waals surface area contributed by atoms with Crippen molar-refractivity contribution in [3.8, 4) is 17.2 Å². The Morgan fingerprint density at radius 3 is 2.53 bits per heavy atom. The Labute approximate surface area is 179 Å². The zero-order valence-electron chi connectivity index (χ0n) is 17.3. The van der Waals surface area contributed by atoms with Gasteiger partial charge in [0.05, 0.1) is 21.3 Å². The minimum atomic E-state index is -0.239. The number of hydrogen-bond donors (Lipinski definition) is 2. The van der Waals surface area contributed by atoms with E-state index >= 15 is 0 Å². The maximum atomic E-state index is 12.3. The second-order valence-corrected chi connectivity index (χ2v) is 7.53. The van der Waals surface area contributed by atoms with Crippen LogP contribution in [0.15, 0.2) is 17.5 Å². The summed E-state index contributed by atoms with van der Waals surface area (Å²) in [5.41, 5.74) is 1.04. The Hall–Kier alpha value is -3.01. The van der Waals surface area contributed by atoms with Crippen LogP contribution in [0, 0.1) is 0 Å². The van der Waals surface area contributed by atoms with Crippen LogP contribution in [0.5, 0.6) is 17.2 Å². The van der Waals surface area contributed by atoms with E-state index in [9.17, 15) is 9.59 Å². The first kappa shape index (κ1) is 21.7. The van der Waals surface area contributed by atoms with Gasteiger partial charge in [-0.05, 0) is 12.8 Å². The molecule has 0 radical (unpaired) electrons. The molecule has 1 aliphatic rings. The Bertz CT molecular complexity index is 876. The van der Waals surface area contributed by atoms with Crippen LogP contribution < -0.4 is 24.8 Å². The number of ether oxygens (including phenoxy) is 3. The monoisotopic (exact) mass is 434 g/mol. The van der Waals surface area contributed by atoms with Gasteiger partial charge in [-0.2, -0.15) is 0 Å². The molecule has 2 heterocycles. The Balaban J connectivity index is 1.55. The van der Waals surface area contributed by atoms with E-state index in [1.165, 1.54) is 11.3 Å². The number of rotatable bonds is 10. The van der Waals surface area contributed by atoms with Crippen molar-refractivity contribution in [2.75, 3.05) is 46.3 Å². The number of thiazole rings is 1. The lowest BCUT2D eigenvalue weighted by molar-refractivity contribution is -0.127. The fourth-order valence-electron chi connectivity index (χ4n) is 3.22. The second kappa shape index (κ2) is 10.1. The Morgan fingerprint density at radius 2 is 1.93 bits per heavy atom. The molecule has 1 saturated heterocycles. The van der Waals surface area contributed by atoms with Crippen molar-refractivity contribution in [1.29, 1.82) is 0 Å². The van der Waals surface area contributed by atoms with Crippen LogP contribution >= 0.6 is 11.3 Å². The van der Waals surface area contributed by atoms with E-state index in [1.807, 2.05) is 4.90 Å². The van der Waals surface area contributed by atoms with E-state index < -0.39 is 0 Å². The van der Waals surface area contributed by atoms with Crippen molar-refractivity contribution in [1.82, 2.24) is 15.2 Å². The lowest BCUT2D eigenvalue weighted by Gasteiger charge is -2.15. The van der Waals surface area contributed by atoms with Gasteiger partial charge < -0.3 is 29.7 Å². The summed E-state index contributed by atoms with van der Waals surface area (Å²) < 4.78 is 16.0. The molecule has 1 aromatic carbocycles. The molecule has 0 spiro atoms. The van der Waals surface area contributed by atoms with Crippen molar-refractivity contribution in [2.24, 2.45) is 0 Å². The molecule has 2 aromatic rings. The van der Waals surface area contributed by atoms with E-state index in [0.717, 1.165) is 19.4 Å². The number of methoxy groups -OCH3 is 3. The highest BCUT2D eigenvalue weighted by Crippen LogP contribution is 2.40. The van der Waals surface area contributed by atoms with Gasteiger partial charge in [0.1, 0.15) is 5.69 Å². The molecular weight excluding hydrogens is 408 g/mol. The van der Waals surface area contributed by atoms with Crippen LogP contribution in [-0.4, -0.2) is 62.7 Å². The first-order chi connectivity index (χ1) is 14.5. The summed E-state index contributed by atoms with van der Waals surface area (Å²) in [6.07, 6.45) is 2.27. The number of carbonyl (C=O) groups is 2. The minimum Gasteiger partial charge on any atom is -0.493 e. The van der Waals surface area contributed by atoms with Crippen LogP contribution in [0.4, 0.5) is 10.8 Å². The SMILES string of the molecule is COc1cc(Nc2nc(C(=O)NCCCN3CCCC3=O)cs2)cc(OC)c1OC. The molecule has 0 unspecified atom stereocenters. The number of benzene rings is 1. The molecule has 0 saturated carbocycles. The van der Waals surface area contributed by atoms with E-state index in [2.05, 4.69) is 15.6 Å². The highest BCUT2D eigenvalue weighted by molar-refractivity contribution is 7.14.